The fraction of sp³-hybridized carbons (Fsp3) is 0.278. The number of pyridine rings is 1. The van der Waals surface area contributed by atoms with Crippen LogP contribution in [0.15, 0.2) is 36.5 Å². The standard InChI is InChI=1S/C18H19N3O3/c1-12-3-4-15-14(9-12)21(18(23)11-24-15)8-6-17(22)20-16-10-13(2)5-7-19-16/h3-5,7,9-10H,6,8,11H2,1-2H3,(H,19,20,22). The molecule has 2 heterocycles. The molecule has 0 radical (unpaired) electrons. The van der Waals surface area contributed by atoms with Crippen molar-refractivity contribution >= 4 is 23.3 Å². The highest BCUT2D eigenvalue weighted by Gasteiger charge is 2.25. The van der Waals surface area contributed by atoms with Gasteiger partial charge in [0.2, 0.25) is 5.91 Å². The number of ether oxygens (including phenoxy) is 1. The van der Waals surface area contributed by atoms with Crippen molar-refractivity contribution in [2.45, 2.75) is 20.3 Å². The minimum absolute atomic E-state index is 0.00286. The van der Waals surface area contributed by atoms with E-state index in [1.165, 1.54) is 0 Å². The number of carbonyl (C=O) groups is 2. The third-order valence-corrected chi connectivity index (χ3v) is 3.80. The molecule has 6 nitrogen and oxygen atoms in total. The van der Waals surface area contributed by atoms with Crippen LogP contribution in [0.3, 0.4) is 0 Å². The average molecular weight is 325 g/mol. The summed E-state index contributed by atoms with van der Waals surface area (Å²) in [4.78, 5) is 30.0. The molecule has 1 aromatic carbocycles. The van der Waals surface area contributed by atoms with Gasteiger partial charge in [-0.25, -0.2) is 4.98 Å². The molecule has 0 saturated heterocycles. The summed E-state index contributed by atoms with van der Waals surface area (Å²) in [7, 11) is 0. The monoisotopic (exact) mass is 325 g/mol. The van der Waals surface area contributed by atoms with Crippen molar-refractivity contribution in [1.29, 1.82) is 0 Å². The van der Waals surface area contributed by atoms with E-state index >= 15 is 0 Å². The zero-order chi connectivity index (χ0) is 17.1. The van der Waals surface area contributed by atoms with Gasteiger partial charge in [-0.15, -0.1) is 0 Å². The highest BCUT2D eigenvalue weighted by atomic mass is 16.5. The molecule has 6 heteroatoms. The highest BCUT2D eigenvalue weighted by Crippen LogP contribution is 2.32. The number of fused-ring (bicyclic) bond motifs is 1. The lowest BCUT2D eigenvalue weighted by molar-refractivity contribution is -0.121. The van der Waals surface area contributed by atoms with E-state index in [9.17, 15) is 9.59 Å². The second-order valence-electron chi connectivity index (χ2n) is 5.82. The lowest BCUT2D eigenvalue weighted by Crippen LogP contribution is -2.40. The topological polar surface area (TPSA) is 71.5 Å². The first kappa shape index (κ1) is 16.0. The number of nitrogens with zero attached hydrogens (tertiary/aromatic N) is 2. The van der Waals surface area contributed by atoms with E-state index in [-0.39, 0.29) is 24.8 Å². The predicted octanol–water partition coefficient (Wildman–Crippen LogP) is 2.45. The second kappa shape index (κ2) is 6.70. The molecule has 0 spiro atoms. The van der Waals surface area contributed by atoms with Crippen molar-refractivity contribution in [2.75, 3.05) is 23.4 Å². The zero-order valence-electron chi connectivity index (χ0n) is 13.7. The van der Waals surface area contributed by atoms with Gasteiger partial charge >= 0.3 is 0 Å². The Hall–Kier alpha value is -2.89. The van der Waals surface area contributed by atoms with Gasteiger partial charge < -0.3 is 15.0 Å². The molecule has 1 aromatic heterocycles. The predicted molar refractivity (Wildman–Crippen MR) is 91.2 cm³/mol. The summed E-state index contributed by atoms with van der Waals surface area (Å²) in [5, 5.41) is 2.75. The number of rotatable bonds is 4. The van der Waals surface area contributed by atoms with Crippen LogP contribution in [0.5, 0.6) is 5.75 Å². The molecule has 0 fully saturated rings. The van der Waals surface area contributed by atoms with Gasteiger partial charge in [0.05, 0.1) is 5.69 Å². The first-order chi connectivity index (χ1) is 11.5. The Morgan fingerprint density at radius 1 is 1.25 bits per heavy atom. The van der Waals surface area contributed by atoms with Gasteiger partial charge in [-0.2, -0.15) is 0 Å². The van der Waals surface area contributed by atoms with Crippen molar-refractivity contribution < 1.29 is 14.3 Å². The van der Waals surface area contributed by atoms with Crippen LogP contribution in [0.2, 0.25) is 0 Å². The summed E-state index contributed by atoms with van der Waals surface area (Å²) in [6, 6.07) is 9.34. The third kappa shape index (κ3) is 3.53. The van der Waals surface area contributed by atoms with Crippen molar-refractivity contribution in [3.63, 3.8) is 0 Å². The SMILES string of the molecule is Cc1ccnc(NC(=O)CCN2C(=O)COc3ccc(C)cc32)c1. The number of aryl methyl sites for hydroxylation is 2. The Bertz CT molecular complexity index is 789. The van der Waals surface area contributed by atoms with Crippen LogP contribution in [0.1, 0.15) is 17.5 Å². The maximum Gasteiger partial charge on any atom is 0.265 e. The summed E-state index contributed by atoms with van der Waals surface area (Å²) < 4.78 is 5.43. The summed E-state index contributed by atoms with van der Waals surface area (Å²) in [6.07, 6.45) is 1.84. The number of hydrogen-bond acceptors (Lipinski definition) is 4. The third-order valence-electron chi connectivity index (χ3n) is 3.80. The van der Waals surface area contributed by atoms with E-state index in [1.807, 2.05) is 38.1 Å². The number of benzene rings is 1. The molecular weight excluding hydrogens is 306 g/mol. The molecule has 2 aromatic rings. The normalized spacial score (nSPS) is 13.2. The minimum Gasteiger partial charge on any atom is -0.482 e. The second-order valence-corrected chi connectivity index (χ2v) is 5.82. The molecule has 0 unspecified atom stereocenters. The van der Waals surface area contributed by atoms with E-state index < -0.39 is 0 Å². The maximum absolute atomic E-state index is 12.1. The Morgan fingerprint density at radius 3 is 2.83 bits per heavy atom. The van der Waals surface area contributed by atoms with Gasteiger partial charge in [0.15, 0.2) is 6.61 Å². The summed E-state index contributed by atoms with van der Waals surface area (Å²) in [6.45, 7) is 4.18. The quantitative estimate of drug-likeness (QED) is 0.937. The Balaban J connectivity index is 1.67. The molecule has 1 N–H and O–H groups in total. The van der Waals surface area contributed by atoms with Crippen molar-refractivity contribution in [1.82, 2.24) is 4.98 Å². The molecule has 124 valence electrons. The van der Waals surface area contributed by atoms with E-state index in [2.05, 4.69) is 10.3 Å². The van der Waals surface area contributed by atoms with E-state index in [1.54, 1.807) is 17.2 Å². The molecule has 0 aliphatic carbocycles. The van der Waals surface area contributed by atoms with Crippen LogP contribution in [0.25, 0.3) is 0 Å². The van der Waals surface area contributed by atoms with Gasteiger partial charge in [-0.05, 0) is 49.2 Å². The number of nitrogens with one attached hydrogen (secondary N) is 1. The van der Waals surface area contributed by atoms with Gasteiger partial charge in [0.25, 0.3) is 5.91 Å². The Labute approximate surface area is 140 Å². The average Bonchev–Trinajstić information content (AvgIpc) is 2.54. The van der Waals surface area contributed by atoms with Crippen LogP contribution < -0.4 is 15.0 Å². The number of carbonyl (C=O) groups excluding carboxylic acids is 2. The fourth-order valence-electron chi connectivity index (χ4n) is 2.58. The first-order valence-corrected chi connectivity index (χ1v) is 7.79. The van der Waals surface area contributed by atoms with E-state index in [0.717, 1.165) is 11.1 Å². The molecular formula is C18H19N3O3. The van der Waals surface area contributed by atoms with Crippen LogP contribution >= 0.6 is 0 Å². The van der Waals surface area contributed by atoms with Gasteiger partial charge in [0.1, 0.15) is 11.6 Å². The largest absolute Gasteiger partial charge is 0.482 e. The maximum atomic E-state index is 12.1. The van der Waals surface area contributed by atoms with Crippen LogP contribution in [0.4, 0.5) is 11.5 Å². The summed E-state index contributed by atoms with van der Waals surface area (Å²) >= 11 is 0. The number of hydrogen-bond donors (Lipinski definition) is 1. The summed E-state index contributed by atoms with van der Waals surface area (Å²) in [5.41, 5.74) is 2.77. The molecule has 2 amide bonds. The Kier molecular flexibility index (Phi) is 4.46. The number of aromatic nitrogens is 1. The van der Waals surface area contributed by atoms with Crippen molar-refractivity contribution in [3.05, 3.63) is 47.7 Å². The Morgan fingerprint density at radius 2 is 2.04 bits per heavy atom. The fourth-order valence-corrected chi connectivity index (χ4v) is 2.58. The molecule has 0 atom stereocenters. The minimum atomic E-state index is -0.179. The van der Waals surface area contributed by atoms with Gasteiger partial charge in [0, 0.05) is 19.2 Å². The number of anilines is 2. The number of amides is 2. The molecule has 3 rings (SSSR count). The summed E-state index contributed by atoms with van der Waals surface area (Å²) in [5.74, 6) is 0.863. The van der Waals surface area contributed by atoms with Crippen molar-refractivity contribution in [2.24, 2.45) is 0 Å². The van der Waals surface area contributed by atoms with E-state index in [0.29, 0.717) is 23.8 Å². The van der Waals surface area contributed by atoms with Crippen LogP contribution in [-0.2, 0) is 9.59 Å². The molecule has 0 bridgehead atoms. The smallest absolute Gasteiger partial charge is 0.265 e. The molecule has 1 aliphatic rings. The highest BCUT2D eigenvalue weighted by molar-refractivity contribution is 5.99. The lowest BCUT2D eigenvalue weighted by Gasteiger charge is -2.29. The molecule has 24 heavy (non-hydrogen) atoms. The molecule has 0 saturated carbocycles. The first-order valence-electron chi connectivity index (χ1n) is 7.79. The molecule has 1 aliphatic heterocycles. The van der Waals surface area contributed by atoms with E-state index in [4.69, 9.17) is 4.74 Å². The lowest BCUT2D eigenvalue weighted by atomic mass is 10.1. The van der Waals surface area contributed by atoms with Gasteiger partial charge in [-0.3, -0.25) is 9.59 Å². The van der Waals surface area contributed by atoms with Crippen LogP contribution in [-0.4, -0.2) is 29.9 Å². The zero-order valence-corrected chi connectivity index (χ0v) is 13.7. The van der Waals surface area contributed by atoms with Crippen LogP contribution in [0, 0.1) is 13.8 Å². The van der Waals surface area contributed by atoms with Crippen molar-refractivity contribution in [3.8, 4) is 5.75 Å². The van der Waals surface area contributed by atoms with Gasteiger partial charge in [-0.1, -0.05) is 6.07 Å².